The molecule has 3 aromatic rings. The zero-order chi connectivity index (χ0) is 16.4. The summed E-state index contributed by atoms with van der Waals surface area (Å²) in [5.41, 5.74) is 1.23. The molecule has 0 atom stereocenters. The second kappa shape index (κ2) is 5.98. The van der Waals surface area contributed by atoms with Crippen molar-refractivity contribution in [2.45, 2.75) is 0 Å². The van der Waals surface area contributed by atoms with Gasteiger partial charge in [-0.25, -0.2) is 9.59 Å². The standard InChI is InChI=1S/C16H10N2O4S/c19-15(20)13(9-4-2-1-3-5-9)14(16(21)22)10-6-7-11-12(8-10)18-23-17-11/h1-8H,(H,19,20)(H,21,22)/b14-13-. The Morgan fingerprint density at radius 1 is 0.783 bits per heavy atom. The maximum Gasteiger partial charge on any atom is 0.337 e. The van der Waals surface area contributed by atoms with Crippen molar-refractivity contribution in [2.75, 3.05) is 0 Å². The van der Waals surface area contributed by atoms with Crippen LogP contribution in [0.25, 0.3) is 22.2 Å². The molecule has 7 heteroatoms. The van der Waals surface area contributed by atoms with E-state index in [-0.39, 0.29) is 16.7 Å². The molecule has 0 saturated heterocycles. The van der Waals surface area contributed by atoms with E-state index < -0.39 is 11.9 Å². The summed E-state index contributed by atoms with van der Waals surface area (Å²) in [6.07, 6.45) is 0. The molecule has 1 aromatic heterocycles. The van der Waals surface area contributed by atoms with Gasteiger partial charge >= 0.3 is 11.9 Å². The molecule has 0 spiro atoms. The molecule has 0 radical (unpaired) electrons. The van der Waals surface area contributed by atoms with Gasteiger partial charge < -0.3 is 10.2 Å². The molecule has 0 bridgehead atoms. The molecule has 23 heavy (non-hydrogen) atoms. The molecule has 0 aliphatic rings. The quantitative estimate of drug-likeness (QED) is 0.565. The molecular weight excluding hydrogens is 316 g/mol. The molecule has 2 N–H and O–H groups in total. The summed E-state index contributed by atoms with van der Waals surface area (Å²) in [6, 6.07) is 12.9. The third-order valence-corrected chi connectivity index (χ3v) is 3.84. The molecule has 2 aromatic carbocycles. The second-order valence-electron chi connectivity index (χ2n) is 4.69. The maximum absolute atomic E-state index is 11.7. The van der Waals surface area contributed by atoms with Crippen molar-refractivity contribution in [1.29, 1.82) is 0 Å². The zero-order valence-corrected chi connectivity index (χ0v) is 12.4. The number of carbonyl (C=O) groups is 2. The first kappa shape index (κ1) is 14.9. The minimum atomic E-state index is -1.31. The molecule has 1 heterocycles. The number of hydrogen-bond donors (Lipinski definition) is 2. The van der Waals surface area contributed by atoms with Crippen LogP contribution in [0.2, 0.25) is 0 Å². The van der Waals surface area contributed by atoms with Gasteiger partial charge in [0.1, 0.15) is 11.0 Å². The van der Waals surface area contributed by atoms with Crippen LogP contribution in [-0.4, -0.2) is 30.9 Å². The van der Waals surface area contributed by atoms with Crippen molar-refractivity contribution >= 4 is 45.8 Å². The monoisotopic (exact) mass is 326 g/mol. The van der Waals surface area contributed by atoms with Crippen molar-refractivity contribution in [3.05, 3.63) is 59.7 Å². The Morgan fingerprint density at radius 2 is 1.39 bits per heavy atom. The number of rotatable bonds is 4. The summed E-state index contributed by atoms with van der Waals surface area (Å²) in [7, 11) is 0. The molecule has 0 aliphatic heterocycles. The van der Waals surface area contributed by atoms with Crippen molar-refractivity contribution in [3.8, 4) is 0 Å². The Hall–Kier alpha value is -3.06. The van der Waals surface area contributed by atoms with Crippen molar-refractivity contribution in [1.82, 2.24) is 8.75 Å². The van der Waals surface area contributed by atoms with Crippen molar-refractivity contribution in [3.63, 3.8) is 0 Å². The van der Waals surface area contributed by atoms with Crippen molar-refractivity contribution < 1.29 is 19.8 Å². The van der Waals surface area contributed by atoms with Crippen LogP contribution in [-0.2, 0) is 9.59 Å². The first-order valence-corrected chi connectivity index (χ1v) is 7.30. The largest absolute Gasteiger partial charge is 0.478 e. The van der Waals surface area contributed by atoms with Gasteiger partial charge in [-0.3, -0.25) is 0 Å². The molecular formula is C16H10N2O4S. The molecule has 114 valence electrons. The molecule has 0 aliphatic carbocycles. The fourth-order valence-corrected chi connectivity index (χ4v) is 2.81. The van der Waals surface area contributed by atoms with Gasteiger partial charge in [0.25, 0.3) is 0 Å². The summed E-state index contributed by atoms with van der Waals surface area (Å²) in [5, 5.41) is 19.1. The average Bonchev–Trinajstić information content (AvgIpc) is 3.00. The van der Waals surface area contributed by atoms with Gasteiger partial charge in [-0.05, 0) is 23.3 Å². The van der Waals surface area contributed by atoms with Gasteiger partial charge in [-0.1, -0.05) is 36.4 Å². The Kier molecular flexibility index (Phi) is 3.86. The minimum absolute atomic E-state index is 0.263. The van der Waals surface area contributed by atoms with Crippen LogP contribution in [0.5, 0.6) is 0 Å². The highest BCUT2D eigenvalue weighted by molar-refractivity contribution is 7.00. The maximum atomic E-state index is 11.7. The van der Waals surface area contributed by atoms with E-state index in [9.17, 15) is 19.8 Å². The minimum Gasteiger partial charge on any atom is -0.478 e. The number of hydrogen-bond acceptors (Lipinski definition) is 5. The molecule has 0 amide bonds. The van der Waals surface area contributed by atoms with Crippen LogP contribution in [0, 0.1) is 0 Å². The van der Waals surface area contributed by atoms with Crippen LogP contribution in [0.3, 0.4) is 0 Å². The predicted octanol–water partition coefficient (Wildman–Crippen LogP) is 2.77. The second-order valence-corrected chi connectivity index (χ2v) is 5.22. The first-order chi connectivity index (χ1) is 11.1. The molecule has 0 unspecified atom stereocenters. The number of carboxylic acid groups (broad SMARTS) is 2. The van der Waals surface area contributed by atoms with Crippen LogP contribution in [0.15, 0.2) is 48.5 Å². The Balaban J connectivity index is 2.30. The van der Waals surface area contributed by atoms with E-state index in [1.54, 1.807) is 42.5 Å². The number of benzene rings is 2. The normalized spacial score (nSPS) is 12.0. The summed E-state index contributed by atoms with van der Waals surface area (Å²) < 4.78 is 8.12. The number of aliphatic carboxylic acids is 2. The topological polar surface area (TPSA) is 100 Å². The Morgan fingerprint density at radius 3 is 2.04 bits per heavy atom. The van der Waals surface area contributed by atoms with Gasteiger partial charge in [0.05, 0.1) is 22.9 Å². The SMILES string of the molecule is O=C(O)/C(=C(\C(=O)O)c1ccc2nsnc2c1)c1ccccc1. The number of aromatic nitrogens is 2. The smallest absolute Gasteiger partial charge is 0.337 e. The summed E-state index contributed by atoms with van der Waals surface area (Å²) in [5.74, 6) is -2.61. The van der Waals surface area contributed by atoms with Gasteiger partial charge in [0.2, 0.25) is 0 Å². The Labute approximate surface area is 134 Å². The lowest BCUT2D eigenvalue weighted by atomic mass is 9.94. The fraction of sp³-hybridized carbons (Fsp3) is 0. The zero-order valence-electron chi connectivity index (χ0n) is 11.6. The summed E-state index contributed by atoms with van der Waals surface area (Å²) in [4.78, 5) is 23.4. The van der Waals surface area contributed by atoms with Crippen molar-refractivity contribution in [2.24, 2.45) is 0 Å². The number of nitrogens with zero attached hydrogens (tertiary/aromatic N) is 2. The van der Waals surface area contributed by atoms with Gasteiger partial charge in [0, 0.05) is 0 Å². The molecule has 6 nitrogen and oxygen atoms in total. The average molecular weight is 326 g/mol. The van der Waals surface area contributed by atoms with E-state index in [1.807, 2.05) is 0 Å². The van der Waals surface area contributed by atoms with Gasteiger partial charge in [0.15, 0.2) is 0 Å². The summed E-state index contributed by atoms with van der Waals surface area (Å²) >= 11 is 1.01. The third-order valence-electron chi connectivity index (χ3n) is 3.28. The highest BCUT2D eigenvalue weighted by Gasteiger charge is 2.23. The number of fused-ring (bicyclic) bond motifs is 1. The van der Waals surface area contributed by atoms with E-state index in [1.165, 1.54) is 6.07 Å². The fourth-order valence-electron chi connectivity index (χ4n) is 2.29. The van der Waals surface area contributed by atoms with Crippen LogP contribution in [0.1, 0.15) is 11.1 Å². The first-order valence-electron chi connectivity index (χ1n) is 6.57. The third kappa shape index (κ3) is 2.82. The van der Waals surface area contributed by atoms with Gasteiger partial charge in [-0.15, -0.1) is 0 Å². The van der Waals surface area contributed by atoms with Gasteiger partial charge in [-0.2, -0.15) is 8.75 Å². The van der Waals surface area contributed by atoms with Crippen LogP contribution >= 0.6 is 11.7 Å². The Bertz CT molecular complexity index is 931. The lowest BCUT2D eigenvalue weighted by molar-refractivity contribution is -0.132. The van der Waals surface area contributed by atoms with E-state index in [0.29, 0.717) is 16.6 Å². The number of carboxylic acids is 2. The summed E-state index contributed by atoms with van der Waals surface area (Å²) in [6.45, 7) is 0. The predicted molar refractivity (Wildman–Crippen MR) is 85.9 cm³/mol. The highest BCUT2D eigenvalue weighted by Crippen LogP contribution is 2.29. The molecule has 3 rings (SSSR count). The highest BCUT2D eigenvalue weighted by atomic mass is 32.1. The lowest BCUT2D eigenvalue weighted by Crippen LogP contribution is -2.10. The van der Waals surface area contributed by atoms with E-state index in [0.717, 1.165) is 11.7 Å². The van der Waals surface area contributed by atoms with E-state index in [4.69, 9.17) is 0 Å². The van der Waals surface area contributed by atoms with Crippen LogP contribution in [0.4, 0.5) is 0 Å². The van der Waals surface area contributed by atoms with Crippen LogP contribution < -0.4 is 0 Å². The van der Waals surface area contributed by atoms with E-state index >= 15 is 0 Å². The molecule has 0 fully saturated rings. The van der Waals surface area contributed by atoms with E-state index in [2.05, 4.69) is 8.75 Å². The molecule has 0 saturated carbocycles. The lowest BCUT2D eigenvalue weighted by Gasteiger charge is -2.09.